The van der Waals surface area contributed by atoms with E-state index in [0.29, 0.717) is 0 Å². The van der Waals surface area contributed by atoms with Crippen molar-refractivity contribution in [2.45, 2.75) is 32.6 Å². The van der Waals surface area contributed by atoms with E-state index < -0.39 is 0 Å². The molecule has 0 aliphatic rings. The SMILES string of the molecule is CCCCCP(C)CCC#N. The predicted molar refractivity (Wildman–Crippen MR) is 52.3 cm³/mol. The second kappa shape index (κ2) is 8.02. The summed E-state index contributed by atoms with van der Waals surface area (Å²) in [6.07, 6.45) is 7.31. The topological polar surface area (TPSA) is 23.8 Å². The summed E-state index contributed by atoms with van der Waals surface area (Å²) in [6, 6.07) is 2.21. The van der Waals surface area contributed by atoms with Crippen LogP contribution in [0.2, 0.25) is 0 Å². The van der Waals surface area contributed by atoms with Crippen molar-refractivity contribution >= 4 is 7.92 Å². The number of nitriles is 1. The molecule has 0 saturated carbocycles. The van der Waals surface area contributed by atoms with E-state index in [0.717, 1.165) is 12.6 Å². The normalized spacial score (nSPS) is 12.5. The smallest absolute Gasteiger partial charge is 0.0625 e. The molecule has 0 radical (unpaired) electrons. The van der Waals surface area contributed by atoms with Gasteiger partial charge in [0.25, 0.3) is 0 Å². The molecule has 64 valence electrons. The van der Waals surface area contributed by atoms with Crippen LogP contribution in [0.25, 0.3) is 0 Å². The van der Waals surface area contributed by atoms with Gasteiger partial charge >= 0.3 is 0 Å². The Morgan fingerprint density at radius 3 is 2.55 bits per heavy atom. The van der Waals surface area contributed by atoms with E-state index in [2.05, 4.69) is 19.7 Å². The maximum Gasteiger partial charge on any atom is 0.0625 e. The molecule has 0 aromatic heterocycles. The molecule has 0 bridgehead atoms. The van der Waals surface area contributed by atoms with Crippen LogP contribution in [0.15, 0.2) is 0 Å². The first-order valence-corrected chi connectivity index (χ1v) is 6.52. The molecular weight excluding hydrogens is 153 g/mol. The largest absolute Gasteiger partial charge is 0.198 e. The number of unbranched alkanes of at least 4 members (excludes halogenated alkanes) is 2. The van der Waals surface area contributed by atoms with Gasteiger partial charge in [-0.15, -0.1) is 7.92 Å². The summed E-state index contributed by atoms with van der Waals surface area (Å²) in [4.78, 5) is 0. The lowest BCUT2D eigenvalue weighted by Gasteiger charge is -2.08. The molecule has 1 nitrogen and oxygen atoms in total. The summed E-state index contributed by atoms with van der Waals surface area (Å²) < 4.78 is 0. The van der Waals surface area contributed by atoms with Crippen molar-refractivity contribution < 1.29 is 0 Å². The third-order valence-electron chi connectivity index (χ3n) is 1.75. The minimum atomic E-state index is 0.179. The van der Waals surface area contributed by atoms with Gasteiger partial charge in [0.1, 0.15) is 0 Å². The van der Waals surface area contributed by atoms with Gasteiger partial charge in [-0.1, -0.05) is 19.8 Å². The highest BCUT2D eigenvalue weighted by atomic mass is 31.1. The first-order valence-electron chi connectivity index (χ1n) is 4.36. The van der Waals surface area contributed by atoms with Crippen LogP contribution < -0.4 is 0 Å². The van der Waals surface area contributed by atoms with E-state index >= 15 is 0 Å². The van der Waals surface area contributed by atoms with Crippen LogP contribution in [-0.2, 0) is 0 Å². The minimum Gasteiger partial charge on any atom is -0.198 e. The lowest BCUT2D eigenvalue weighted by molar-refractivity contribution is 0.775. The molecule has 0 heterocycles. The highest BCUT2D eigenvalue weighted by molar-refractivity contribution is 7.56. The second-order valence-electron chi connectivity index (χ2n) is 2.92. The summed E-state index contributed by atoms with van der Waals surface area (Å²) in [5, 5.41) is 8.35. The standard InChI is InChI=1S/C9H18NP/c1-3-4-5-8-11(2)9-6-7-10/h3-6,8-9H2,1-2H3. The summed E-state index contributed by atoms with van der Waals surface area (Å²) in [5.41, 5.74) is 0. The van der Waals surface area contributed by atoms with Crippen LogP contribution in [0.3, 0.4) is 0 Å². The maximum atomic E-state index is 8.35. The van der Waals surface area contributed by atoms with Crippen molar-refractivity contribution in [3.63, 3.8) is 0 Å². The number of hydrogen-bond donors (Lipinski definition) is 0. The zero-order valence-electron chi connectivity index (χ0n) is 7.64. The van der Waals surface area contributed by atoms with Crippen LogP contribution in [0.4, 0.5) is 0 Å². The van der Waals surface area contributed by atoms with Gasteiger partial charge in [-0.3, -0.25) is 0 Å². The monoisotopic (exact) mass is 171 g/mol. The molecule has 0 saturated heterocycles. The van der Waals surface area contributed by atoms with Gasteiger partial charge in [-0.2, -0.15) is 5.26 Å². The van der Waals surface area contributed by atoms with E-state index in [1.54, 1.807) is 0 Å². The lowest BCUT2D eigenvalue weighted by Crippen LogP contribution is -1.88. The van der Waals surface area contributed by atoms with Crippen molar-refractivity contribution in [1.29, 1.82) is 5.26 Å². The van der Waals surface area contributed by atoms with Gasteiger partial charge in [0.05, 0.1) is 6.07 Å². The molecule has 11 heavy (non-hydrogen) atoms. The molecule has 1 unspecified atom stereocenters. The van der Waals surface area contributed by atoms with Gasteiger partial charge in [0, 0.05) is 6.42 Å². The third kappa shape index (κ3) is 7.82. The summed E-state index contributed by atoms with van der Waals surface area (Å²) in [5.74, 6) is 0. The van der Waals surface area contributed by atoms with Gasteiger partial charge in [0.2, 0.25) is 0 Å². The Labute approximate surface area is 71.6 Å². The van der Waals surface area contributed by atoms with Crippen LogP contribution in [0.5, 0.6) is 0 Å². The quantitative estimate of drug-likeness (QED) is 0.444. The van der Waals surface area contributed by atoms with Crippen molar-refractivity contribution in [2.75, 3.05) is 19.0 Å². The van der Waals surface area contributed by atoms with Crippen LogP contribution >= 0.6 is 7.92 Å². The first-order chi connectivity index (χ1) is 5.31. The molecule has 0 fully saturated rings. The zero-order chi connectivity index (χ0) is 8.53. The molecule has 0 aliphatic heterocycles. The predicted octanol–water partition coefficient (Wildman–Crippen LogP) is 3.20. The molecule has 0 rings (SSSR count). The van der Waals surface area contributed by atoms with E-state index in [1.165, 1.54) is 25.4 Å². The lowest BCUT2D eigenvalue weighted by atomic mass is 10.3. The van der Waals surface area contributed by atoms with Crippen molar-refractivity contribution in [2.24, 2.45) is 0 Å². The van der Waals surface area contributed by atoms with E-state index in [4.69, 9.17) is 5.26 Å². The highest BCUT2D eigenvalue weighted by Crippen LogP contribution is 2.32. The number of nitrogens with zero attached hydrogens (tertiary/aromatic N) is 1. The Kier molecular flexibility index (Phi) is 7.96. The summed E-state index contributed by atoms with van der Waals surface area (Å²) >= 11 is 0. The average Bonchev–Trinajstić information content (AvgIpc) is 2.01. The van der Waals surface area contributed by atoms with E-state index in [-0.39, 0.29) is 7.92 Å². The third-order valence-corrected chi connectivity index (χ3v) is 3.82. The Morgan fingerprint density at radius 2 is 2.00 bits per heavy atom. The van der Waals surface area contributed by atoms with Gasteiger partial charge in [-0.25, -0.2) is 0 Å². The number of rotatable bonds is 6. The first kappa shape index (κ1) is 10.9. The van der Waals surface area contributed by atoms with Crippen LogP contribution in [-0.4, -0.2) is 19.0 Å². The Bertz CT molecular complexity index is 117. The van der Waals surface area contributed by atoms with Gasteiger partial charge in [-0.05, 0) is 25.4 Å². The summed E-state index contributed by atoms with van der Waals surface area (Å²) in [7, 11) is 0.179. The highest BCUT2D eigenvalue weighted by Gasteiger charge is 1.98. The molecule has 1 atom stereocenters. The molecule has 0 aromatic rings. The molecule has 0 amide bonds. The Morgan fingerprint density at radius 1 is 1.27 bits per heavy atom. The van der Waals surface area contributed by atoms with Crippen molar-refractivity contribution in [3.05, 3.63) is 0 Å². The number of hydrogen-bond acceptors (Lipinski definition) is 1. The average molecular weight is 171 g/mol. The molecular formula is C9H18NP. The van der Waals surface area contributed by atoms with E-state index in [9.17, 15) is 0 Å². The van der Waals surface area contributed by atoms with Crippen LogP contribution in [0.1, 0.15) is 32.6 Å². The van der Waals surface area contributed by atoms with Crippen molar-refractivity contribution in [1.82, 2.24) is 0 Å². The molecule has 0 spiro atoms. The minimum absolute atomic E-state index is 0.179. The molecule has 0 aliphatic carbocycles. The molecule has 0 N–H and O–H groups in total. The van der Waals surface area contributed by atoms with Gasteiger partial charge in [0.15, 0.2) is 0 Å². The summed E-state index contributed by atoms with van der Waals surface area (Å²) in [6.45, 7) is 4.54. The molecule has 0 aromatic carbocycles. The molecule has 2 heteroatoms. The Balaban J connectivity index is 3.10. The van der Waals surface area contributed by atoms with E-state index in [1.807, 2.05) is 0 Å². The van der Waals surface area contributed by atoms with Crippen LogP contribution in [0, 0.1) is 11.3 Å². The fourth-order valence-corrected chi connectivity index (χ4v) is 2.45. The second-order valence-corrected chi connectivity index (χ2v) is 5.53. The van der Waals surface area contributed by atoms with Gasteiger partial charge < -0.3 is 0 Å². The fourth-order valence-electron chi connectivity index (χ4n) is 0.984. The van der Waals surface area contributed by atoms with Crippen molar-refractivity contribution in [3.8, 4) is 6.07 Å². The fraction of sp³-hybridized carbons (Fsp3) is 0.889. The Hall–Kier alpha value is -0.0800. The zero-order valence-corrected chi connectivity index (χ0v) is 8.53. The maximum absolute atomic E-state index is 8.35.